The number of amides is 1. The Morgan fingerprint density at radius 2 is 1.72 bits per heavy atom. The largest absolute Gasteiger partial charge is 0.369 e. The van der Waals surface area contributed by atoms with Gasteiger partial charge in [0.25, 0.3) is 0 Å². The van der Waals surface area contributed by atoms with Crippen LogP contribution >= 0.6 is 0 Å². The van der Waals surface area contributed by atoms with Crippen molar-refractivity contribution in [1.82, 2.24) is 14.9 Å². The lowest BCUT2D eigenvalue weighted by Crippen LogP contribution is -2.44. The minimum absolute atomic E-state index is 0.255. The van der Waals surface area contributed by atoms with Crippen molar-refractivity contribution in [1.29, 1.82) is 0 Å². The first-order valence-electron chi connectivity index (χ1n) is 10.5. The standard InChI is InChI=1S/C24H27N7O/c1-3-23(32)27-20-6-4-5-19(17-20)26-22-11-12-25-24(29-22)28-18-7-9-21(10-8-18)31-15-13-30(2)14-16-31/h3-12,17H,1,13-16H2,2H3,(H,27,32)(H2,25,26,28,29). The molecule has 32 heavy (non-hydrogen) atoms. The van der Waals surface area contributed by atoms with Crippen LogP contribution in [0.4, 0.5) is 34.5 Å². The zero-order chi connectivity index (χ0) is 22.3. The van der Waals surface area contributed by atoms with Gasteiger partial charge in [-0.3, -0.25) is 4.79 Å². The first-order chi connectivity index (χ1) is 15.6. The van der Waals surface area contributed by atoms with Crippen molar-refractivity contribution in [2.24, 2.45) is 0 Å². The summed E-state index contributed by atoms with van der Waals surface area (Å²) in [6, 6.07) is 17.5. The molecule has 0 aliphatic carbocycles. The molecule has 8 nitrogen and oxygen atoms in total. The zero-order valence-corrected chi connectivity index (χ0v) is 18.1. The highest BCUT2D eigenvalue weighted by Gasteiger charge is 2.14. The maximum atomic E-state index is 11.5. The van der Waals surface area contributed by atoms with Crippen LogP contribution in [0.3, 0.4) is 0 Å². The molecule has 0 bridgehead atoms. The predicted octanol–water partition coefficient (Wildman–Crippen LogP) is 3.84. The Morgan fingerprint density at radius 1 is 0.969 bits per heavy atom. The van der Waals surface area contributed by atoms with Gasteiger partial charge in [-0.15, -0.1) is 0 Å². The summed E-state index contributed by atoms with van der Waals surface area (Å²) in [5, 5.41) is 9.24. The third-order valence-corrected chi connectivity index (χ3v) is 5.24. The normalized spacial score (nSPS) is 14.0. The molecule has 2 heterocycles. The Balaban J connectivity index is 1.39. The van der Waals surface area contributed by atoms with Gasteiger partial charge in [-0.1, -0.05) is 12.6 Å². The van der Waals surface area contributed by atoms with Crippen LogP contribution in [0.1, 0.15) is 0 Å². The molecule has 0 saturated carbocycles. The number of likely N-dealkylation sites (N-methyl/N-ethyl adjacent to an activating group) is 1. The van der Waals surface area contributed by atoms with E-state index in [1.165, 1.54) is 11.8 Å². The maximum absolute atomic E-state index is 11.5. The van der Waals surface area contributed by atoms with E-state index in [1.54, 1.807) is 12.3 Å². The topological polar surface area (TPSA) is 85.4 Å². The average Bonchev–Trinajstić information content (AvgIpc) is 2.81. The summed E-state index contributed by atoms with van der Waals surface area (Å²) in [5.41, 5.74) is 3.62. The van der Waals surface area contributed by atoms with Gasteiger partial charge in [-0.25, -0.2) is 4.98 Å². The van der Waals surface area contributed by atoms with E-state index >= 15 is 0 Å². The van der Waals surface area contributed by atoms with E-state index in [0.717, 1.165) is 37.6 Å². The molecule has 1 saturated heterocycles. The van der Waals surface area contributed by atoms with Crippen LogP contribution in [0.5, 0.6) is 0 Å². The summed E-state index contributed by atoms with van der Waals surface area (Å²) < 4.78 is 0. The number of aromatic nitrogens is 2. The third kappa shape index (κ3) is 5.61. The summed E-state index contributed by atoms with van der Waals surface area (Å²) in [7, 11) is 2.16. The first kappa shape index (κ1) is 21.3. The number of nitrogens with one attached hydrogen (secondary N) is 3. The van der Waals surface area contributed by atoms with Gasteiger partial charge in [0.05, 0.1) is 0 Å². The number of piperazine rings is 1. The van der Waals surface area contributed by atoms with Gasteiger partial charge >= 0.3 is 0 Å². The lowest BCUT2D eigenvalue weighted by Gasteiger charge is -2.34. The lowest BCUT2D eigenvalue weighted by atomic mass is 10.2. The van der Waals surface area contributed by atoms with Crippen LogP contribution in [-0.2, 0) is 4.79 Å². The van der Waals surface area contributed by atoms with Crippen molar-refractivity contribution in [3.05, 3.63) is 73.4 Å². The summed E-state index contributed by atoms with van der Waals surface area (Å²) >= 11 is 0. The molecule has 1 aliphatic heterocycles. The van der Waals surface area contributed by atoms with Crippen LogP contribution in [0.15, 0.2) is 73.4 Å². The summed E-state index contributed by atoms with van der Waals surface area (Å²) in [4.78, 5) is 25.1. The minimum atomic E-state index is -0.255. The number of nitrogens with zero attached hydrogens (tertiary/aromatic N) is 4. The van der Waals surface area contributed by atoms with Crippen LogP contribution in [-0.4, -0.2) is 54.0 Å². The molecule has 2 aromatic carbocycles. The molecule has 1 amide bonds. The van der Waals surface area contributed by atoms with Crippen molar-refractivity contribution in [3.63, 3.8) is 0 Å². The van der Waals surface area contributed by atoms with Crippen LogP contribution in [0, 0.1) is 0 Å². The number of rotatable bonds is 7. The maximum Gasteiger partial charge on any atom is 0.247 e. The highest BCUT2D eigenvalue weighted by Crippen LogP contribution is 2.23. The average molecular weight is 430 g/mol. The van der Waals surface area contributed by atoms with Gasteiger partial charge in [-0.05, 0) is 61.7 Å². The minimum Gasteiger partial charge on any atom is -0.369 e. The number of benzene rings is 2. The Labute approximate surface area is 188 Å². The van der Waals surface area contributed by atoms with Crippen molar-refractivity contribution < 1.29 is 4.79 Å². The highest BCUT2D eigenvalue weighted by atomic mass is 16.1. The molecule has 3 N–H and O–H groups in total. The fraction of sp³-hybridized carbons (Fsp3) is 0.208. The third-order valence-electron chi connectivity index (χ3n) is 5.24. The van der Waals surface area contributed by atoms with Crippen LogP contribution in [0.25, 0.3) is 0 Å². The second-order valence-electron chi connectivity index (χ2n) is 7.63. The second kappa shape index (κ2) is 9.93. The monoisotopic (exact) mass is 429 g/mol. The van der Waals surface area contributed by atoms with Gasteiger partial charge in [0, 0.05) is 55.1 Å². The number of hydrogen-bond donors (Lipinski definition) is 3. The molecule has 1 aromatic heterocycles. The van der Waals surface area contributed by atoms with E-state index in [2.05, 4.69) is 61.5 Å². The molecular weight excluding hydrogens is 402 g/mol. The van der Waals surface area contributed by atoms with Crippen LogP contribution < -0.4 is 20.9 Å². The zero-order valence-electron chi connectivity index (χ0n) is 18.1. The summed E-state index contributed by atoms with van der Waals surface area (Å²) in [5.74, 6) is 0.886. The van der Waals surface area contributed by atoms with Crippen LogP contribution in [0.2, 0.25) is 0 Å². The van der Waals surface area contributed by atoms with Gasteiger partial charge in [-0.2, -0.15) is 4.98 Å². The molecule has 1 aliphatic rings. The van der Waals surface area contributed by atoms with Gasteiger partial charge in [0.2, 0.25) is 11.9 Å². The summed E-state index contributed by atoms with van der Waals surface area (Å²) in [6.07, 6.45) is 2.93. The molecule has 0 radical (unpaired) electrons. The SMILES string of the molecule is C=CC(=O)Nc1cccc(Nc2ccnc(Nc3ccc(N4CCN(C)CC4)cc3)n2)c1. The molecule has 0 unspecified atom stereocenters. The molecular formula is C24H27N7O. The molecule has 4 rings (SSSR count). The van der Waals surface area contributed by atoms with Gasteiger partial charge in [0.1, 0.15) is 5.82 Å². The van der Waals surface area contributed by atoms with E-state index in [1.807, 2.05) is 36.4 Å². The van der Waals surface area contributed by atoms with Gasteiger partial charge < -0.3 is 25.8 Å². The van der Waals surface area contributed by atoms with Gasteiger partial charge in [0.15, 0.2) is 0 Å². The second-order valence-corrected chi connectivity index (χ2v) is 7.63. The van der Waals surface area contributed by atoms with E-state index in [9.17, 15) is 4.79 Å². The van der Waals surface area contributed by atoms with E-state index in [0.29, 0.717) is 17.5 Å². The van der Waals surface area contributed by atoms with Crippen molar-refractivity contribution in [2.45, 2.75) is 0 Å². The van der Waals surface area contributed by atoms with Crippen molar-refractivity contribution in [2.75, 3.05) is 54.1 Å². The Morgan fingerprint density at radius 3 is 2.47 bits per heavy atom. The molecule has 8 heteroatoms. The number of hydrogen-bond acceptors (Lipinski definition) is 7. The molecule has 1 fully saturated rings. The number of anilines is 6. The number of carbonyl (C=O) groups is 1. The van der Waals surface area contributed by atoms with Crippen molar-refractivity contribution in [3.8, 4) is 0 Å². The Bertz CT molecular complexity index is 1080. The molecule has 0 spiro atoms. The molecule has 0 atom stereocenters. The predicted molar refractivity (Wildman–Crippen MR) is 130 cm³/mol. The van der Waals surface area contributed by atoms with E-state index < -0.39 is 0 Å². The highest BCUT2D eigenvalue weighted by molar-refractivity contribution is 5.99. The quantitative estimate of drug-likeness (QED) is 0.492. The van der Waals surface area contributed by atoms with E-state index in [4.69, 9.17) is 0 Å². The molecule has 3 aromatic rings. The smallest absolute Gasteiger partial charge is 0.247 e. The summed E-state index contributed by atoms with van der Waals surface area (Å²) in [6.45, 7) is 7.71. The fourth-order valence-corrected chi connectivity index (χ4v) is 3.45. The van der Waals surface area contributed by atoms with E-state index in [-0.39, 0.29) is 5.91 Å². The Kier molecular flexibility index (Phi) is 6.62. The van der Waals surface area contributed by atoms with Crippen molar-refractivity contribution >= 4 is 40.4 Å². The number of carbonyl (C=O) groups excluding carboxylic acids is 1. The lowest BCUT2D eigenvalue weighted by molar-refractivity contribution is -0.111. The fourth-order valence-electron chi connectivity index (χ4n) is 3.45. The first-order valence-corrected chi connectivity index (χ1v) is 10.5. The molecule has 164 valence electrons. The Hall–Kier alpha value is -3.91.